The third-order valence-electron chi connectivity index (χ3n) is 6.57. The second kappa shape index (κ2) is 11.8. The lowest BCUT2D eigenvalue weighted by Gasteiger charge is -2.38. The van der Waals surface area contributed by atoms with Gasteiger partial charge >= 0.3 is 5.97 Å². The van der Waals surface area contributed by atoms with E-state index in [1.54, 1.807) is 6.07 Å². The fourth-order valence-electron chi connectivity index (χ4n) is 4.72. The summed E-state index contributed by atoms with van der Waals surface area (Å²) in [6.07, 6.45) is 3.64. The summed E-state index contributed by atoms with van der Waals surface area (Å²) in [6.45, 7) is 5.29. The number of carboxylic acids is 1. The Morgan fingerprint density at radius 2 is 2.11 bits per heavy atom. The minimum absolute atomic E-state index is 0.0899. The smallest absolute Gasteiger partial charge is 0.326 e. The molecule has 6 N–H and O–H groups in total. The number of nitrogens with two attached hydrogens (primary N) is 1. The molecule has 3 rings (SSSR count). The molecule has 0 bridgehead atoms. The van der Waals surface area contributed by atoms with Crippen molar-refractivity contribution in [2.45, 2.75) is 62.9 Å². The highest BCUT2D eigenvalue weighted by Crippen LogP contribution is 2.31. The lowest BCUT2D eigenvalue weighted by Crippen LogP contribution is -2.56. The highest BCUT2D eigenvalue weighted by molar-refractivity contribution is 7.89. The molecule has 0 unspecified atom stereocenters. The summed E-state index contributed by atoms with van der Waals surface area (Å²) in [5.74, 6) is 4.10. The van der Waals surface area contributed by atoms with E-state index >= 15 is 0 Å². The number of hydrogen-bond donors (Lipinski definition) is 5. The van der Waals surface area contributed by atoms with Gasteiger partial charge in [-0.3, -0.25) is 9.79 Å². The molecule has 2 aliphatic rings. The molecule has 0 aromatic heterocycles. The van der Waals surface area contributed by atoms with E-state index in [-0.39, 0.29) is 23.8 Å². The number of carbonyl (C=O) groups is 2. The molecular formula is C23H36N6O5S. The van der Waals surface area contributed by atoms with Crippen LogP contribution in [0.4, 0.5) is 5.69 Å². The predicted octanol–water partition coefficient (Wildman–Crippen LogP) is 0.921. The van der Waals surface area contributed by atoms with E-state index in [2.05, 4.69) is 27.4 Å². The number of anilines is 1. The number of carboxylic acid groups (broad SMARTS) is 1. The van der Waals surface area contributed by atoms with E-state index in [0.717, 1.165) is 12.0 Å². The standard InChI is InChI=1S/C23H36N6O5S/c1-15-8-10-29(19(12-15)23(31)32)22(30)18(6-4-9-25-14-27-24)28-35(33,34)20-7-3-5-17-11-16(2)13-26-21(17)20/h3,5,7,14-16,18-19,26,28H,4,6,8-13,24H2,1-2H3,(H,25,27)(H,31,32)/t15-,16-,18+,19-/m1/s1. The SMILES string of the molecule is C[C@@H]1CCN(C(=O)[C@H](CCCN=CNN)NS(=O)(=O)c2cccc3c2NC[C@H](C)C3)[C@@H](C(=O)O)C1. The van der Waals surface area contributed by atoms with Crippen molar-refractivity contribution in [3.05, 3.63) is 23.8 Å². The minimum Gasteiger partial charge on any atom is -0.480 e. The molecule has 0 spiro atoms. The molecule has 1 fully saturated rings. The second-order valence-corrected chi connectivity index (χ2v) is 11.2. The summed E-state index contributed by atoms with van der Waals surface area (Å²) in [6, 6.07) is 3.02. The van der Waals surface area contributed by atoms with E-state index in [9.17, 15) is 23.1 Å². The number of sulfonamides is 1. The van der Waals surface area contributed by atoms with Crippen molar-refractivity contribution in [3.8, 4) is 0 Å². The van der Waals surface area contributed by atoms with Crippen molar-refractivity contribution >= 4 is 33.9 Å². The first kappa shape index (κ1) is 26.9. The van der Waals surface area contributed by atoms with Crippen molar-refractivity contribution in [2.24, 2.45) is 22.7 Å². The highest BCUT2D eigenvalue weighted by Gasteiger charge is 2.39. The number of benzene rings is 1. The van der Waals surface area contributed by atoms with Gasteiger partial charge in [0, 0.05) is 19.6 Å². The summed E-state index contributed by atoms with van der Waals surface area (Å²) in [4.78, 5) is 30.8. The normalized spacial score (nSPS) is 23.4. The molecule has 2 aliphatic heterocycles. The Morgan fingerprint density at radius 1 is 1.34 bits per heavy atom. The van der Waals surface area contributed by atoms with Crippen LogP contribution in [0.2, 0.25) is 0 Å². The van der Waals surface area contributed by atoms with Gasteiger partial charge < -0.3 is 20.7 Å². The molecule has 35 heavy (non-hydrogen) atoms. The van der Waals surface area contributed by atoms with Crippen LogP contribution in [0.5, 0.6) is 0 Å². The number of amides is 1. The average Bonchev–Trinajstić information content (AvgIpc) is 2.82. The highest BCUT2D eigenvalue weighted by atomic mass is 32.2. The van der Waals surface area contributed by atoms with Crippen LogP contribution in [0.25, 0.3) is 0 Å². The first-order valence-corrected chi connectivity index (χ1v) is 13.5. The molecule has 0 saturated carbocycles. The van der Waals surface area contributed by atoms with E-state index in [1.165, 1.54) is 17.3 Å². The number of hydrogen-bond acceptors (Lipinski definition) is 7. The first-order chi connectivity index (χ1) is 16.6. The number of para-hydroxylation sites is 1. The molecule has 0 radical (unpaired) electrons. The number of aliphatic imine (C=N–C) groups is 1. The Labute approximate surface area is 206 Å². The number of aliphatic carboxylic acids is 1. The fraction of sp³-hybridized carbons (Fsp3) is 0.609. The zero-order chi connectivity index (χ0) is 25.6. The maximum absolute atomic E-state index is 13.5. The molecule has 1 aromatic carbocycles. The van der Waals surface area contributed by atoms with Crippen molar-refractivity contribution in [1.82, 2.24) is 15.0 Å². The third-order valence-corrected chi connectivity index (χ3v) is 8.09. The van der Waals surface area contributed by atoms with Crippen LogP contribution in [0.3, 0.4) is 0 Å². The number of hydrazine groups is 1. The maximum Gasteiger partial charge on any atom is 0.326 e. The zero-order valence-electron chi connectivity index (χ0n) is 20.2. The largest absolute Gasteiger partial charge is 0.480 e. The number of nitrogens with one attached hydrogen (secondary N) is 3. The quantitative estimate of drug-likeness (QED) is 0.102. The van der Waals surface area contributed by atoms with Crippen molar-refractivity contribution < 1.29 is 23.1 Å². The Morgan fingerprint density at radius 3 is 2.83 bits per heavy atom. The molecule has 0 aliphatic carbocycles. The summed E-state index contributed by atoms with van der Waals surface area (Å²) >= 11 is 0. The third kappa shape index (κ3) is 6.71. The molecule has 2 heterocycles. The number of carbonyl (C=O) groups excluding carboxylic acids is 1. The number of likely N-dealkylation sites (tertiary alicyclic amines) is 1. The molecule has 1 amide bonds. The Kier molecular flexibility index (Phi) is 9.09. The Bertz CT molecular complexity index is 1050. The van der Waals surface area contributed by atoms with Crippen molar-refractivity contribution in [3.63, 3.8) is 0 Å². The number of fused-ring (bicyclic) bond motifs is 1. The molecule has 4 atom stereocenters. The maximum atomic E-state index is 13.5. The summed E-state index contributed by atoms with van der Waals surface area (Å²) in [7, 11) is -4.08. The summed E-state index contributed by atoms with van der Waals surface area (Å²) in [5, 5.41) is 12.9. The van der Waals surface area contributed by atoms with Crippen LogP contribution in [-0.4, -0.2) is 68.4 Å². The van der Waals surface area contributed by atoms with Gasteiger partial charge in [-0.15, -0.1) is 0 Å². The molecule has 12 heteroatoms. The predicted molar refractivity (Wildman–Crippen MR) is 133 cm³/mol. The lowest BCUT2D eigenvalue weighted by atomic mass is 9.91. The van der Waals surface area contributed by atoms with E-state index < -0.39 is 34.0 Å². The van der Waals surface area contributed by atoms with Crippen LogP contribution >= 0.6 is 0 Å². The topological polar surface area (TPSA) is 166 Å². The van der Waals surface area contributed by atoms with Gasteiger partial charge in [0.05, 0.1) is 12.0 Å². The van der Waals surface area contributed by atoms with Crippen molar-refractivity contribution in [1.29, 1.82) is 0 Å². The Balaban J connectivity index is 1.87. The summed E-state index contributed by atoms with van der Waals surface area (Å²) < 4.78 is 29.6. The molecule has 194 valence electrons. The van der Waals surface area contributed by atoms with E-state index in [0.29, 0.717) is 44.0 Å². The number of nitrogens with zero attached hydrogens (tertiary/aromatic N) is 2. The number of rotatable bonds is 10. The average molecular weight is 509 g/mol. The van der Waals surface area contributed by atoms with Crippen LogP contribution in [0, 0.1) is 11.8 Å². The van der Waals surface area contributed by atoms with Gasteiger partial charge in [0.2, 0.25) is 15.9 Å². The second-order valence-electron chi connectivity index (χ2n) is 9.51. The minimum atomic E-state index is -4.08. The molecule has 1 saturated heterocycles. The van der Waals surface area contributed by atoms with Crippen LogP contribution in [0.1, 0.15) is 45.1 Å². The lowest BCUT2D eigenvalue weighted by molar-refractivity contribution is -0.153. The van der Waals surface area contributed by atoms with Gasteiger partial charge in [-0.25, -0.2) is 19.1 Å². The monoisotopic (exact) mass is 508 g/mol. The van der Waals surface area contributed by atoms with Gasteiger partial charge in [0.1, 0.15) is 17.0 Å². The number of piperidine rings is 1. The van der Waals surface area contributed by atoms with Gasteiger partial charge in [0.15, 0.2) is 0 Å². The van der Waals surface area contributed by atoms with E-state index in [1.807, 2.05) is 13.0 Å². The molecular weight excluding hydrogens is 472 g/mol. The van der Waals surface area contributed by atoms with Gasteiger partial charge in [-0.2, -0.15) is 4.72 Å². The van der Waals surface area contributed by atoms with Gasteiger partial charge in [-0.1, -0.05) is 26.0 Å². The zero-order valence-corrected chi connectivity index (χ0v) is 21.1. The van der Waals surface area contributed by atoms with Crippen LogP contribution < -0.4 is 21.3 Å². The van der Waals surface area contributed by atoms with Gasteiger partial charge in [0.25, 0.3) is 0 Å². The molecule has 11 nitrogen and oxygen atoms in total. The van der Waals surface area contributed by atoms with Crippen LogP contribution in [0.15, 0.2) is 28.1 Å². The molecule has 1 aromatic rings. The van der Waals surface area contributed by atoms with Crippen LogP contribution in [-0.2, 0) is 26.0 Å². The van der Waals surface area contributed by atoms with Gasteiger partial charge in [-0.05, 0) is 55.6 Å². The Hall–Kier alpha value is -2.70. The van der Waals surface area contributed by atoms with E-state index in [4.69, 9.17) is 5.84 Å². The summed E-state index contributed by atoms with van der Waals surface area (Å²) in [5.41, 5.74) is 3.76. The van der Waals surface area contributed by atoms with Crippen molar-refractivity contribution in [2.75, 3.05) is 25.0 Å². The first-order valence-electron chi connectivity index (χ1n) is 12.0. The fourth-order valence-corrected chi connectivity index (χ4v) is 6.17.